The van der Waals surface area contributed by atoms with Crippen LogP contribution in [0, 0.1) is 12.8 Å². The first-order chi connectivity index (χ1) is 26.8. The lowest BCUT2D eigenvalue weighted by atomic mass is 9.86. The topological polar surface area (TPSA) is 159 Å². The van der Waals surface area contributed by atoms with E-state index < -0.39 is 29.9 Å². The first-order valence-corrected chi connectivity index (χ1v) is 20.4. The third-order valence-electron chi connectivity index (χ3n) is 8.69. The van der Waals surface area contributed by atoms with Gasteiger partial charge in [0.05, 0.1) is 25.6 Å². The van der Waals surface area contributed by atoms with Crippen LogP contribution in [0.4, 0.5) is 0 Å². The molecule has 0 unspecified atom stereocenters. The molecule has 2 atom stereocenters. The van der Waals surface area contributed by atoms with Gasteiger partial charge in [0.25, 0.3) is 0 Å². The number of methoxy groups -OCH3 is 1. The van der Waals surface area contributed by atoms with Gasteiger partial charge in [0.1, 0.15) is 0 Å². The Bertz CT molecular complexity index is 1430. The lowest BCUT2D eigenvalue weighted by Crippen LogP contribution is -2.42. The van der Waals surface area contributed by atoms with Crippen molar-refractivity contribution in [3.63, 3.8) is 0 Å². The minimum Gasteiger partial charge on any atom is -0.469 e. The van der Waals surface area contributed by atoms with Gasteiger partial charge in [-0.05, 0) is 69.6 Å². The Morgan fingerprint density at radius 2 is 1.21 bits per heavy atom. The molecular formula is C46H75N3O8. The molecule has 322 valence electrons. The number of amides is 2. The van der Waals surface area contributed by atoms with E-state index in [1.54, 1.807) is 19.1 Å². The first-order valence-electron chi connectivity index (χ1n) is 20.4. The number of benzene rings is 2. The van der Waals surface area contributed by atoms with Crippen LogP contribution in [0.5, 0.6) is 0 Å². The molecule has 0 heterocycles. The Morgan fingerprint density at radius 3 is 1.68 bits per heavy atom. The molecule has 11 nitrogen and oxygen atoms in total. The number of unbranched alkanes of at least 4 members (excludes halogenated alkanes) is 1. The number of esters is 1. The van der Waals surface area contributed by atoms with Crippen LogP contribution in [-0.2, 0) is 34.1 Å². The molecule has 2 amide bonds. The first kappa shape index (κ1) is 54.9. The van der Waals surface area contributed by atoms with Crippen LogP contribution in [0.25, 0.3) is 0 Å². The SMILES string of the molecule is CC(C)C.CCN(CC)CCCC[C@H](NC(=O)CCC(=O)[C@H](C)NC(=O)CCC(=O)c1ccc(C(C)(C)C)cc1)C(=O)CCC(=O)OC.CO.Cc1ccccc1. The third kappa shape index (κ3) is 27.9. The maximum absolute atomic E-state index is 12.8. The second-order valence-corrected chi connectivity index (χ2v) is 15.6. The van der Waals surface area contributed by atoms with Crippen molar-refractivity contribution in [2.75, 3.05) is 33.9 Å². The Hall–Kier alpha value is -4.22. The summed E-state index contributed by atoms with van der Waals surface area (Å²) in [6.07, 6.45) is 1.63. The van der Waals surface area contributed by atoms with Gasteiger partial charge in [0.15, 0.2) is 17.3 Å². The van der Waals surface area contributed by atoms with Crippen molar-refractivity contribution in [1.82, 2.24) is 15.5 Å². The molecule has 57 heavy (non-hydrogen) atoms. The maximum atomic E-state index is 12.8. The number of nitrogens with zero attached hydrogens (tertiary/aromatic N) is 1. The van der Waals surface area contributed by atoms with Crippen LogP contribution < -0.4 is 10.6 Å². The summed E-state index contributed by atoms with van der Waals surface area (Å²) >= 11 is 0. The predicted octanol–water partition coefficient (Wildman–Crippen LogP) is 7.59. The van der Waals surface area contributed by atoms with Crippen molar-refractivity contribution >= 4 is 35.1 Å². The van der Waals surface area contributed by atoms with Crippen LogP contribution in [0.1, 0.15) is 142 Å². The lowest BCUT2D eigenvalue weighted by Gasteiger charge is -2.20. The van der Waals surface area contributed by atoms with Gasteiger partial charge >= 0.3 is 5.97 Å². The van der Waals surface area contributed by atoms with Crippen LogP contribution >= 0.6 is 0 Å². The Balaban J connectivity index is 0. The number of ketones is 3. The Morgan fingerprint density at radius 1 is 0.702 bits per heavy atom. The highest BCUT2D eigenvalue weighted by Gasteiger charge is 2.23. The third-order valence-corrected chi connectivity index (χ3v) is 8.69. The van der Waals surface area contributed by atoms with E-state index in [4.69, 9.17) is 5.11 Å². The number of carbonyl (C=O) groups is 6. The molecule has 0 aromatic heterocycles. The highest BCUT2D eigenvalue weighted by molar-refractivity contribution is 5.98. The van der Waals surface area contributed by atoms with Gasteiger partial charge < -0.3 is 25.4 Å². The Labute approximate surface area is 344 Å². The predicted molar refractivity (Wildman–Crippen MR) is 230 cm³/mol. The zero-order valence-electron chi connectivity index (χ0n) is 37.2. The average Bonchev–Trinajstić information content (AvgIpc) is 3.18. The van der Waals surface area contributed by atoms with Crippen molar-refractivity contribution in [2.24, 2.45) is 5.92 Å². The molecule has 0 spiro atoms. The molecule has 0 saturated heterocycles. The number of ether oxygens (including phenoxy) is 1. The summed E-state index contributed by atoms with van der Waals surface area (Å²) in [5, 5.41) is 12.3. The van der Waals surface area contributed by atoms with E-state index in [1.165, 1.54) is 12.7 Å². The number of rotatable bonds is 21. The summed E-state index contributed by atoms with van der Waals surface area (Å²) in [4.78, 5) is 76.8. The lowest BCUT2D eigenvalue weighted by molar-refractivity contribution is -0.142. The fourth-order valence-corrected chi connectivity index (χ4v) is 5.21. The second-order valence-electron chi connectivity index (χ2n) is 15.6. The quantitative estimate of drug-likeness (QED) is 0.0658. The highest BCUT2D eigenvalue weighted by Crippen LogP contribution is 2.22. The van der Waals surface area contributed by atoms with Crippen molar-refractivity contribution in [3.05, 3.63) is 71.3 Å². The van der Waals surface area contributed by atoms with Gasteiger partial charge in [0.2, 0.25) is 11.8 Å². The number of hydrogen-bond acceptors (Lipinski definition) is 9. The van der Waals surface area contributed by atoms with Crippen molar-refractivity contribution < 1.29 is 38.6 Å². The number of Topliss-reactive ketones (excluding diaryl/α,β-unsaturated/α-hetero) is 3. The van der Waals surface area contributed by atoms with E-state index in [-0.39, 0.29) is 61.3 Å². The standard InChI is InChI=1S/C34H53N3O7.C7H8.C4H10.CH4O/c1-8-37(9-2)23-11-10-12-27(30(40)19-22-33(43)44-7)36-32(42)20-17-28(38)24(3)35-31(41)21-18-29(39)25-13-15-26(16-14-25)34(4,5)6;1-7-5-3-2-4-6-7;1-4(2)3;1-2/h13-16,24,27H,8-12,17-23H2,1-7H3,(H,35,41)(H,36,42);2-6H,1H3;4H,1-3H3;2H,1H3/t24-,27-;;;/m0.../s1. The summed E-state index contributed by atoms with van der Waals surface area (Å²) in [7, 11) is 2.26. The van der Waals surface area contributed by atoms with Crippen molar-refractivity contribution in [2.45, 2.75) is 145 Å². The van der Waals surface area contributed by atoms with Gasteiger partial charge in [-0.3, -0.25) is 28.8 Å². The molecule has 11 heteroatoms. The summed E-state index contributed by atoms with van der Waals surface area (Å²) in [6.45, 7) is 23.3. The van der Waals surface area contributed by atoms with Gasteiger partial charge in [-0.2, -0.15) is 0 Å². The van der Waals surface area contributed by atoms with Crippen LogP contribution in [-0.4, -0.2) is 91.1 Å². The second kappa shape index (κ2) is 31.8. The molecule has 0 saturated carbocycles. The average molecular weight is 798 g/mol. The van der Waals surface area contributed by atoms with E-state index >= 15 is 0 Å². The molecule has 0 aliphatic heterocycles. The fourth-order valence-electron chi connectivity index (χ4n) is 5.21. The normalized spacial score (nSPS) is 11.6. The Kier molecular flexibility index (Phi) is 30.6. The fraction of sp³-hybridized carbons (Fsp3) is 0.609. The number of aliphatic hydroxyl groups excluding tert-OH is 1. The summed E-state index contributed by atoms with van der Waals surface area (Å²) < 4.78 is 4.62. The number of aryl methyl sites for hydroxylation is 1. The molecule has 0 aliphatic carbocycles. The van der Waals surface area contributed by atoms with Gasteiger partial charge in [0, 0.05) is 44.8 Å². The summed E-state index contributed by atoms with van der Waals surface area (Å²) in [5.74, 6) is -1.26. The number of hydrogen-bond donors (Lipinski definition) is 3. The molecule has 2 rings (SSSR count). The summed E-state index contributed by atoms with van der Waals surface area (Å²) in [6, 6.07) is 16.0. The molecule has 0 aliphatic rings. The summed E-state index contributed by atoms with van der Waals surface area (Å²) in [5.41, 5.74) is 2.94. The van der Waals surface area contributed by atoms with E-state index in [2.05, 4.69) is 94.7 Å². The highest BCUT2D eigenvalue weighted by atomic mass is 16.5. The van der Waals surface area contributed by atoms with Gasteiger partial charge in [-0.1, -0.05) is 116 Å². The molecule has 0 radical (unpaired) electrons. The molecular weight excluding hydrogens is 723 g/mol. The van der Waals surface area contributed by atoms with E-state index in [9.17, 15) is 28.8 Å². The molecule has 2 aromatic carbocycles. The van der Waals surface area contributed by atoms with E-state index in [0.717, 1.165) is 51.1 Å². The molecule has 2 aromatic rings. The van der Waals surface area contributed by atoms with E-state index in [1.807, 2.05) is 30.3 Å². The molecule has 3 N–H and O–H groups in total. The smallest absolute Gasteiger partial charge is 0.305 e. The minimum absolute atomic E-state index is 0.0182. The van der Waals surface area contributed by atoms with Crippen molar-refractivity contribution in [3.8, 4) is 0 Å². The van der Waals surface area contributed by atoms with Gasteiger partial charge in [-0.25, -0.2) is 0 Å². The zero-order valence-corrected chi connectivity index (χ0v) is 37.2. The van der Waals surface area contributed by atoms with Crippen LogP contribution in [0.15, 0.2) is 54.6 Å². The zero-order chi connectivity index (χ0) is 44.0. The number of carbonyl (C=O) groups excluding carboxylic acids is 6. The van der Waals surface area contributed by atoms with E-state index in [0.29, 0.717) is 12.0 Å². The van der Waals surface area contributed by atoms with Crippen LogP contribution in [0.2, 0.25) is 0 Å². The van der Waals surface area contributed by atoms with Gasteiger partial charge in [-0.15, -0.1) is 0 Å². The monoisotopic (exact) mass is 798 g/mol. The minimum atomic E-state index is -0.825. The molecule has 0 bridgehead atoms. The van der Waals surface area contributed by atoms with Crippen LogP contribution in [0.3, 0.4) is 0 Å². The largest absolute Gasteiger partial charge is 0.469 e. The molecule has 0 fully saturated rings. The van der Waals surface area contributed by atoms with Crippen molar-refractivity contribution in [1.29, 1.82) is 0 Å². The number of nitrogens with one attached hydrogen (secondary N) is 2. The number of aliphatic hydroxyl groups is 1. The maximum Gasteiger partial charge on any atom is 0.305 e.